The zero-order valence-corrected chi connectivity index (χ0v) is 15.3. The number of carbonyl (C=O) groups is 1. The lowest BCUT2D eigenvalue weighted by atomic mass is 10.2. The van der Waals surface area contributed by atoms with Gasteiger partial charge in [-0.1, -0.05) is 41.9 Å². The van der Waals surface area contributed by atoms with Gasteiger partial charge in [-0.3, -0.25) is 4.79 Å². The molecule has 1 atom stereocenters. The third-order valence-electron chi connectivity index (χ3n) is 3.50. The van der Waals surface area contributed by atoms with Crippen LogP contribution in [0.2, 0.25) is 4.34 Å². The zero-order valence-electron chi connectivity index (χ0n) is 12.9. The molecule has 0 spiro atoms. The standard InChI is InChI=1S/C16H18ClNO3S2/c1-12(23(20,21)11-14-8-9-15(17)22-14)16(19)18(2)10-13-6-4-3-5-7-13/h3-9,12H,10-11H2,1-2H3. The van der Waals surface area contributed by atoms with E-state index in [-0.39, 0.29) is 5.75 Å². The van der Waals surface area contributed by atoms with Crippen molar-refractivity contribution in [2.24, 2.45) is 0 Å². The molecule has 124 valence electrons. The summed E-state index contributed by atoms with van der Waals surface area (Å²) in [6.07, 6.45) is 0. The molecule has 2 rings (SSSR count). The number of carbonyl (C=O) groups excluding carboxylic acids is 1. The number of thiophene rings is 1. The summed E-state index contributed by atoms with van der Waals surface area (Å²) in [6.45, 7) is 1.82. The highest BCUT2D eigenvalue weighted by Crippen LogP contribution is 2.24. The zero-order chi connectivity index (χ0) is 17.0. The van der Waals surface area contributed by atoms with Gasteiger partial charge in [-0.25, -0.2) is 8.42 Å². The second-order valence-electron chi connectivity index (χ2n) is 5.34. The van der Waals surface area contributed by atoms with E-state index in [1.807, 2.05) is 30.3 Å². The molecule has 23 heavy (non-hydrogen) atoms. The van der Waals surface area contributed by atoms with Gasteiger partial charge in [0.25, 0.3) is 0 Å². The second-order valence-corrected chi connectivity index (χ2v) is 9.46. The maximum atomic E-state index is 12.4. The first kappa shape index (κ1) is 18.0. The van der Waals surface area contributed by atoms with Crippen LogP contribution in [0.5, 0.6) is 0 Å². The van der Waals surface area contributed by atoms with Crippen LogP contribution in [0.1, 0.15) is 17.4 Å². The summed E-state index contributed by atoms with van der Waals surface area (Å²) in [6, 6.07) is 12.8. The van der Waals surface area contributed by atoms with Crippen molar-refractivity contribution in [2.75, 3.05) is 7.05 Å². The Hall–Kier alpha value is -1.37. The Kier molecular flexibility index (Phi) is 5.84. The number of nitrogens with zero attached hydrogens (tertiary/aromatic N) is 1. The van der Waals surface area contributed by atoms with Gasteiger partial charge in [-0.05, 0) is 24.6 Å². The van der Waals surface area contributed by atoms with E-state index >= 15 is 0 Å². The normalized spacial score (nSPS) is 12.8. The van der Waals surface area contributed by atoms with Crippen LogP contribution in [0.3, 0.4) is 0 Å². The average Bonchev–Trinajstić information content (AvgIpc) is 2.91. The molecule has 4 nitrogen and oxygen atoms in total. The molecule has 7 heteroatoms. The van der Waals surface area contributed by atoms with Crippen LogP contribution in [-0.4, -0.2) is 31.5 Å². The highest BCUT2D eigenvalue weighted by atomic mass is 35.5. The fourth-order valence-electron chi connectivity index (χ4n) is 2.15. The van der Waals surface area contributed by atoms with Crippen LogP contribution in [0.15, 0.2) is 42.5 Å². The van der Waals surface area contributed by atoms with Crippen molar-refractivity contribution in [1.82, 2.24) is 4.90 Å². The molecule has 0 radical (unpaired) electrons. The third kappa shape index (κ3) is 4.80. The first-order valence-electron chi connectivity index (χ1n) is 7.04. The van der Waals surface area contributed by atoms with Crippen molar-refractivity contribution in [3.05, 3.63) is 57.2 Å². The quantitative estimate of drug-likeness (QED) is 0.782. The van der Waals surface area contributed by atoms with Crippen molar-refractivity contribution < 1.29 is 13.2 Å². The molecule has 2 aromatic rings. The maximum absolute atomic E-state index is 12.4. The van der Waals surface area contributed by atoms with Crippen LogP contribution >= 0.6 is 22.9 Å². The first-order valence-corrected chi connectivity index (χ1v) is 9.95. The summed E-state index contributed by atoms with van der Waals surface area (Å²) >= 11 is 7.04. The molecule has 1 amide bonds. The summed E-state index contributed by atoms with van der Waals surface area (Å²) in [5.41, 5.74) is 0.956. The maximum Gasteiger partial charge on any atom is 0.240 e. The minimum absolute atomic E-state index is 0.170. The fourth-order valence-corrected chi connectivity index (χ4v) is 4.99. The van der Waals surface area contributed by atoms with Gasteiger partial charge in [0.15, 0.2) is 9.84 Å². The van der Waals surface area contributed by atoms with Gasteiger partial charge in [0.05, 0.1) is 10.1 Å². The van der Waals surface area contributed by atoms with Crippen molar-refractivity contribution in [1.29, 1.82) is 0 Å². The van der Waals surface area contributed by atoms with Crippen molar-refractivity contribution in [3.63, 3.8) is 0 Å². The highest BCUT2D eigenvalue weighted by Gasteiger charge is 2.30. The van der Waals surface area contributed by atoms with Crippen LogP contribution < -0.4 is 0 Å². The minimum Gasteiger partial charge on any atom is -0.340 e. The number of sulfone groups is 1. The van der Waals surface area contributed by atoms with Crippen molar-refractivity contribution in [2.45, 2.75) is 24.5 Å². The van der Waals surface area contributed by atoms with E-state index in [4.69, 9.17) is 11.6 Å². The number of halogens is 1. The third-order valence-corrected chi connectivity index (χ3v) is 6.90. The van der Waals surface area contributed by atoms with E-state index in [2.05, 4.69) is 0 Å². The topological polar surface area (TPSA) is 54.5 Å². The monoisotopic (exact) mass is 371 g/mol. The van der Waals surface area contributed by atoms with Gasteiger partial charge in [-0.2, -0.15) is 0 Å². The molecule has 0 aliphatic carbocycles. The van der Waals surface area contributed by atoms with Gasteiger partial charge < -0.3 is 4.90 Å². The van der Waals surface area contributed by atoms with Gasteiger partial charge in [0, 0.05) is 18.5 Å². The summed E-state index contributed by atoms with van der Waals surface area (Å²) < 4.78 is 25.4. The van der Waals surface area contributed by atoms with Gasteiger partial charge in [0.1, 0.15) is 5.25 Å². The van der Waals surface area contributed by atoms with E-state index < -0.39 is 21.0 Å². The average molecular weight is 372 g/mol. The lowest BCUT2D eigenvalue weighted by Crippen LogP contribution is -2.39. The molecular formula is C16H18ClNO3S2. The Morgan fingerprint density at radius 1 is 1.22 bits per heavy atom. The summed E-state index contributed by atoms with van der Waals surface area (Å²) in [5.74, 6) is -0.576. The SMILES string of the molecule is CC(C(=O)N(C)Cc1ccccc1)S(=O)(=O)Cc1ccc(Cl)s1. The smallest absolute Gasteiger partial charge is 0.240 e. The Bertz CT molecular complexity index is 772. The van der Waals surface area contributed by atoms with E-state index in [1.165, 1.54) is 23.2 Å². The predicted octanol–water partition coefficient (Wildman–Crippen LogP) is 3.36. The lowest BCUT2D eigenvalue weighted by Gasteiger charge is -2.21. The molecular weight excluding hydrogens is 354 g/mol. The van der Waals surface area contributed by atoms with E-state index in [0.717, 1.165) is 5.56 Å². The lowest BCUT2D eigenvalue weighted by molar-refractivity contribution is -0.129. The van der Waals surface area contributed by atoms with E-state index in [1.54, 1.807) is 19.2 Å². The first-order chi connectivity index (χ1) is 10.8. The largest absolute Gasteiger partial charge is 0.340 e. The van der Waals surface area contributed by atoms with Gasteiger partial charge in [-0.15, -0.1) is 11.3 Å². The van der Waals surface area contributed by atoms with Crippen molar-refractivity contribution >= 4 is 38.7 Å². The van der Waals surface area contributed by atoms with Crippen LogP contribution in [0.4, 0.5) is 0 Å². The molecule has 1 aromatic heterocycles. The molecule has 0 N–H and O–H groups in total. The number of hydrogen-bond donors (Lipinski definition) is 0. The molecule has 1 aromatic carbocycles. The molecule has 1 unspecified atom stereocenters. The molecule has 0 saturated heterocycles. The van der Waals surface area contributed by atoms with Crippen LogP contribution in [0, 0.1) is 0 Å². The Labute approximate surface area is 145 Å². The van der Waals surface area contributed by atoms with Crippen LogP contribution in [-0.2, 0) is 26.9 Å². The summed E-state index contributed by atoms with van der Waals surface area (Å²) in [7, 11) is -1.96. The number of benzene rings is 1. The Morgan fingerprint density at radius 3 is 2.43 bits per heavy atom. The van der Waals surface area contributed by atoms with E-state index in [9.17, 15) is 13.2 Å². The molecule has 0 aliphatic heterocycles. The molecule has 0 fully saturated rings. The number of hydrogen-bond acceptors (Lipinski definition) is 4. The van der Waals surface area contributed by atoms with Gasteiger partial charge in [0.2, 0.25) is 5.91 Å². The molecule has 0 bridgehead atoms. The minimum atomic E-state index is -3.58. The number of amides is 1. The molecule has 0 aliphatic rings. The Balaban J connectivity index is 2.05. The summed E-state index contributed by atoms with van der Waals surface area (Å²) in [5, 5.41) is -1.09. The van der Waals surface area contributed by atoms with E-state index in [0.29, 0.717) is 15.8 Å². The number of rotatable bonds is 6. The fraction of sp³-hybridized carbons (Fsp3) is 0.312. The summed E-state index contributed by atoms with van der Waals surface area (Å²) in [4.78, 5) is 14.5. The van der Waals surface area contributed by atoms with Crippen LogP contribution in [0.25, 0.3) is 0 Å². The molecule has 0 saturated carbocycles. The highest BCUT2D eigenvalue weighted by molar-refractivity contribution is 7.92. The predicted molar refractivity (Wildman–Crippen MR) is 94.3 cm³/mol. The Morgan fingerprint density at radius 2 is 1.87 bits per heavy atom. The van der Waals surface area contributed by atoms with Gasteiger partial charge >= 0.3 is 0 Å². The molecule has 1 heterocycles. The van der Waals surface area contributed by atoms with Crippen molar-refractivity contribution in [3.8, 4) is 0 Å². The second kappa shape index (κ2) is 7.47.